The second kappa shape index (κ2) is 4.43. The van der Waals surface area contributed by atoms with Gasteiger partial charge in [0.2, 0.25) is 4.77 Å². The molecule has 0 aliphatic heterocycles. The van der Waals surface area contributed by atoms with E-state index < -0.39 is 0 Å². The van der Waals surface area contributed by atoms with Gasteiger partial charge < -0.3 is 9.15 Å². The molecule has 0 spiro atoms. The van der Waals surface area contributed by atoms with Gasteiger partial charge in [0.25, 0.3) is 6.01 Å². The van der Waals surface area contributed by atoms with Gasteiger partial charge in [0, 0.05) is 5.39 Å². The Morgan fingerprint density at radius 2 is 2.16 bits per heavy atom. The Labute approximate surface area is 112 Å². The number of furan rings is 1. The predicted molar refractivity (Wildman–Crippen MR) is 68.9 cm³/mol. The summed E-state index contributed by atoms with van der Waals surface area (Å²) in [7, 11) is 1.46. The molecule has 3 aromatic rings. The molecule has 0 aliphatic rings. The lowest BCUT2D eigenvalue weighted by Crippen LogP contribution is -1.96. The van der Waals surface area contributed by atoms with Crippen molar-refractivity contribution in [2.75, 3.05) is 7.11 Å². The monoisotopic (exact) mass is 277 g/mol. The van der Waals surface area contributed by atoms with Crippen molar-refractivity contribution in [3.63, 3.8) is 0 Å². The van der Waals surface area contributed by atoms with Crippen LogP contribution in [-0.2, 0) is 0 Å². The molecule has 5 nitrogen and oxygen atoms in total. The summed E-state index contributed by atoms with van der Waals surface area (Å²) in [4.78, 5) is 10.7. The summed E-state index contributed by atoms with van der Waals surface area (Å²) in [5.41, 5.74) is 0.563. The highest BCUT2D eigenvalue weighted by molar-refractivity contribution is 7.71. The molecule has 0 fully saturated rings. The topological polar surface area (TPSA) is 63.9 Å². The summed E-state index contributed by atoms with van der Waals surface area (Å²) < 4.78 is 23.8. The Morgan fingerprint density at radius 1 is 1.32 bits per heavy atom. The number of nitrogens with one attached hydrogen (secondary N) is 1. The number of halogens is 1. The lowest BCUT2D eigenvalue weighted by atomic mass is 10.2. The van der Waals surface area contributed by atoms with E-state index in [1.54, 1.807) is 12.1 Å². The van der Waals surface area contributed by atoms with Crippen LogP contribution in [0.2, 0.25) is 0 Å². The van der Waals surface area contributed by atoms with Gasteiger partial charge in [-0.05, 0) is 36.5 Å². The number of rotatable bonds is 2. The number of methoxy groups -OCH3 is 1. The summed E-state index contributed by atoms with van der Waals surface area (Å²) in [5, 5.41) is 0.645. The van der Waals surface area contributed by atoms with Crippen LogP contribution in [0.1, 0.15) is 0 Å². The van der Waals surface area contributed by atoms with Crippen LogP contribution >= 0.6 is 12.2 Å². The van der Waals surface area contributed by atoms with Gasteiger partial charge in [0.1, 0.15) is 11.4 Å². The lowest BCUT2D eigenvalue weighted by molar-refractivity contribution is 0.377. The van der Waals surface area contributed by atoms with Crippen LogP contribution < -0.4 is 4.74 Å². The Balaban J connectivity index is 2.18. The molecule has 19 heavy (non-hydrogen) atoms. The predicted octanol–water partition coefficient (Wildman–Crippen LogP) is 3.10. The van der Waals surface area contributed by atoms with Crippen molar-refractivity contribution in [1.29, 1.82) is 0 Å². The number of nitrogens with zero attached hydrogens (tertiary/aromatic N) is 2. The molecule has 1 aromatic carbocycles. The first-order chi connectivity index (χ1) is 9.15. The van der Waals surface area contributed by atoms with Crippen molar-refractivity contribution in [2.45, 2.75) is 0 Å². The number of aromatic amines is 1. The van der Waals surface area contributed by atoms with Gasteiger partial charge in [-0.3, -0.25) is 4.98 Å². The summed E-state index contributed by atoms with van der Waals surface area (Å²) in [6.07, 6.45) is 0. The molecule has 0 saturated heterocycles. The fraction of sp³-hybridized carbons (Fsp3) is 0.0833. The SMILES string of the molecule is COc1nc(=S)nc(-c2cc3cc(F)ccc3o2)[nH]1. The molecule has 1 N–H and O–H groups in total. The Morgan fingerprint density at radius 3 is 2.95 bits per heavy atom. The number of H-pyrrole nitrogens is 1. The van der Waals surface area contributed by atoms with Gasteiger partial charge in [0.15, 0.2) is 11.6 Å². The zero-order valence-electron chi connectivity index (χ0n) is 9.81. The van der Waals surface area contributed by atoms with Gasteiger partial charge in [-0.25, -0.2) is 4.39 Å². The third kappa shape index (κ3) is 2.19. The van der Waals surface area contributed by atoms with Gasteiger partial charge in [0.05, 0.1) is 7.11 Å². The van der Waals surface area contributed by atoms with Gasteiger partial charge in [-0.15, -0.1) is 0 Å². The van der Waals surface area contributed by atoms with E-state index in [0.29, 0.717) is 22.6 Å². The highest BCUT2D eigenvalue weighted by atomic mass is 32.1. The number of hydrogen-bond donors (Lipinski definition) is 1. The van der Waals surface area contributed by atoms with E-state index >= 15 is 0 Å². The molecule has 0 radical (unpaired) electrons. The van der Waals surface area contributed by atoms with Crippen LogP contribution in [-0.4, -0.2) is 22.1 Å². The largest absolute Gasteiger partial charge is 0.468 e. The molecule has 0 unspecified atom stereocenters. The molecule has 0 atom stereocenters. The zero-order valence-corrected chi connectivity index (χ0v) is 10.6. The van der Waals surface area contributed by atoms with Crippen molar-refractivity contribution in [3.8, 4) is 17.6 Å². The molecule has 0 saturated carbocycles. The summed E-state index contributed by atoms with van der Waals surface area (Å²) in [5.74, 6) is 0.494. The maximum absolute atomic E-state index is 13.1. The van der Waals surface area contributed by atoms with Crippen molar-refractivity contribution < 1.29 is 13.5 Å². The molecule has 0 amide bonds. The first kappa shape index (κ1) is 11.8. The average Bonchev–Trinajstić information content (AvgIpc) is 2.80. The molecule has 0 aliphatic carbocycles. The number of ether oxygens (including phenoxy) is 1. The Bertz CT molecular complexity index is 812. The van der Waals surface area contributed by atoms with Crippen LogP contribution in [0.15, 0.2) is 28.7 Å². The van der Waals surface area contributed by atoms with Gasteiger partial charge in [-0.1, -0.05) is 0 Å². The van der Waals surface area contributed by atoms with Crippen molar-refractivity contribution >= 4 is 23.2 Å². The number of aromatic nitrogens is 3. The zero-order chi connectivity index (χ0) is 13.4. The van der Waals surface area contributed by atoms with Crippen LogP contribution in [0, 0.1) is 10.6 Å². The maximum Gasteiger partial charge on any atom is 0.297 e. The van der Waals surface area contributed by atoms with E-state index in [0.717, 1.165) is 0 Å². The van der Waals surface area contributed by atoms with Crippen LogP contribution in [0.4, 0.5) is 4.39 Å². The number of benzene rings is 1. The second-order valence-electron chi connectivity index (χ2n) is 3.78. The van der Waals surface area contributed by atoms with Crippen LogP contribution in [0.3, 0.4) is 0 Å². The molecule has 2 aromatic heterocycles. The average molecular weight is 277 g/mol. The Hall–Kier alpha value is -2.28. The first-order valence-corrected chi connectivity index (χ1v) is 5.78. The van der Waals surface area contributed by atoms with Crippen LogP contribution in [0.25, 0.3) is 22.6 Å². The number of hydrogen-bond acceptors (Lipinski definition) is 5. The minimum absolute atomic E-state index is 0.136. The number of fused-ring (bicyclic) bond motifs is 1. The van der Waals surface area contributed by atoms with E-state index in [4.69, 9.17) is 21.4 Å². The third-order valence-electron chi connectivity index (χ3n) is 2.54. The third-order valence-corrected chi connectivity index (χ3v) is 2.72. The Kier molecular flexibility index (Phi) is 2.75. The second-order valence-corrected chi connectivity index (χ2v) is 4.15. The molecular weight excluding hydrogens is 269 g/mol. The van der Waals surface area contributed by atoms with Gasteiger partial charge in [-0.2, -0.15) is 9.97 Å². The van der Waals surface area contributed by atoms with Crippen molar-refractivity contribution in [2.24, 2.45) is 0 Å². The minimum atomic E-state index is -0.326. The molecule has 96 valence electrons. The summed E-state index contributed by atoms with van der Waals surface area (Å²) >= 11 is 4.93. The fourth-order valence-corrected chi connectivity index (χ4v) is 1.88. The van der Waals surface area contributed by atoms with E-state index in [1.807, 2.05) is 0 Å². The minimum Gasteiger partial charge on any atom is -0.468 e. The van der Waals surface area contributed by atoms with Crippen molar-refractivity contribution in [3.05, 3.63) is 34.9 Å². The lowest BCUT2D eigenvalue weighted by Gasteiger charge is -2.00. The summed E-state index contributed by atoms with van der Waals surface area (Å²) in [6, 6.07) is 6.18. The maximum atomic E-state index is 13.1. The standard InChI is InChI=1S/C12H8FN3O2S/c1-17-11-14-10(15-12(19)16-11)9-5-6-4-7(13)2-3-8(6)18-9/h2-5H,1H3,(H,14,15,16,19). The van der Waals surface area contributed by atoms with Crippen molar-refractivity contribution in [1.82, 2.24) is 15.0 Å². The molecule has 3 rings (SSSR count). The highest BCUT2D eigenvalue weighted by Gasteiger charge is 2.10. The molecular formula is C12H8FN3O2S. The quantitative estimate of drug-likeness (QED) is 0.729. The molecule has 2 heterocycles. The van der Waals surface area contributed by atoms with E-state index in [2.05, 4.69) is 15.0 Å². The van der Waals surface area contributed by atoms with E-state index in [-0.39, 0.29) is 16.6 Å². The van der Waals surface area contributed by atoms with Crippen LogP contribution in [0.5, 0.6) is 6.01 Å². The van der Waals surface area contributed by atoms with E-state index in [1.165, 1.54) is 19.2 Å². The molecule has 0 bridgehead atoms. The highest BCUT2D eigenvalue weighted by Crippen LogP contribution is 2.26. The molecule has 7 heteroatoms. The van der Waals surface area contributed by atoms with E-state index in [9.17, 15) is 4.39 Å². The summed E-state index contributed by atoms with van der Waals surface area (Å²) in [6.45, 7) is 0. The fourth-order valence-electron chi connectivity index (χ4n) is 1.71. The van der Waals surface area contributed by atoms with Gasteiger partial charge >= 0.3 is 0 Å². The first-order valence-electron chi connectivity index (χ1n) is 5.37. The smallest absolute Gasteiger partial charge is 0.297 e. The normalized spacial score (nSPS) is 10.8.